The van der Waals surface area contributed by atoms with Crippen LogP contribution in [-0.4, -0.2) is 10.7 Å². The Morgan fingerprint density at radius 3 is 2.54 bits per heavy atom. The van der Waals surface area contributed by atoms with Gasteiger partial charge in [0, 0.05) is 21.3 Å². The molecule has 0 saturated heterocycles. The molecule has 5 heteroatoms. The van der Waals surface area contributed by atoms with Crippen LogP contribution in [0.3, 0.4) is 0 Å². The molecule has 68 valence electrons. The molecule has 0 unspecified atom stereocenters. The van der Waals surface area contributed by atoms with E-state index in [0.29, 0.717) is 9.13 Å². The third-order valence-electron chi connectivity index (χ3n) is 1.50. The Bertz CT molecular complexity index is 343. The van der Waals surface area contributed by atoms with Crippen LogP contribution in [-0.2, 0) is 0 Å². The van der Waals surface area contributed by atoms with Crippen molar-refractivity contribution in [3.8, 4) is 0 Å². The summed E-state index contributed by atoms with van der Waals surface area (Å²) in [6.07, 6.45) is 0. The first-order valence-electron chi connectivity index (χ1n) is 3.46. The Morgan fingerprint density at radius 2 is 2.08 bits per heavy atom. The molecular formula is C8H6INO3. The van der Waals surface area contributed by atoms with Crippen LogP contribution >= 0.6 is 22.6 Å². The van der Waals surface area contributed by atoms with E-state index in [0.717, 1.165) is 0 Å². The average Bonchev–Trinajstić information content (AvgIpc) is 2.03. The minimum Gasteiger partial charge on any atom is -0.295 e. The summed E-state index contributed by atoms with van der Waals surface area (Å²) in [7, 11) is 0. The zero-order chi connectivity index (χ0) is 10.0. The van der Waals surface area contributed by atoms with Crippen LogP contribution in [0.15, 0.2) is 18.2 Å². The van der Waals surface area contributed by atoms with Gasteiger partial charge >= 0.3 is 0 Å². The number of Topliss-reactive ketones (excluding diaryl/α,β-unsaturated/α-hetero) is 1. The van der Waals surface area contributed by atoms with Crippen molar-refractivity contribution in [1.29, 1.82) is 0 Å². The van der Waals surface area contributed by atoms with Gasteiger partial charge in [-0.15, -0.1) is 0 Å². The molecule has 0 bridgehead atoms. The number of halogens is 1. The van der Waals surface area contributed by atoms with Gasteiger partial charge in [-0.05, 0) is 35.6 Å². The standard InChI is InChI=1S/C8H6INO3/c1-5(11)6-2-7(9)4-8(3-6)10(12)13/h2-4H,1H3. The van der Waals surface area contributed by atoms with E-state index in [4.69, 9.17) is 0 Å². The minimum absolute atomic E-state index is 0.0444. The molecule has 0 N–H and O–H groups in total. The van der Waals surface area contributed by atoms with Gasteiger partial charge in [0.2, 0.25) is 0 Å². The van der Waals surface area contributed by atoms with E-state index in [9.17, 15) is 14.9 Å². The van der Waals surface area contributed by atoms with E-state index in [-0.39, 0.29) is 11.5 Å². The molecule has 4 nitrogen and oxygen atoms in total. The van der Waals surface area contributed by atoms with Gasteiger partial charge in [0.1, 0.15) is 0 Å². The molecule has 13 heavy (non-hydrogen) atoms. The van der Waals surface area contributed by atoms with Crippen LogP contribution in [0.5, 0.6) is 0 Å². The maximum absolute atomic E-state index is 10.9. The normalized spacial score (nSPS) is 9.69. The SMILES string of the molecule is CC(=O)c1cc(I)cc([N+](=O)[O-])c1. The maximum atomic E-state index is 10.9. The fraction of sp³-hybridized carbons (Fsp3) is 0.125. The Balaban J connectivity index is 3.26. The molecule has 0 radical (unpaired) electrons. The number of non-ortho nitro benzene ring substituents is 1. The second-order valence-electron chi connectivity index (χ2n) is 2.51. The second-order valence-corrected chi connectivity index (χ2v) is 3.76. The van der Waals surface area contributed by atoms with Crippen molar-refractivity contribution < 1.29 is 9.72 Å². The number of nitrogens with zero attached hydrogens (tertiary/aromatic N) is 1. The maximum Gasteiger partial charge on any atom is 0.271 e. The van der Waals surface area contributed by atoms with E-state index >= 15 is 0 Å². The molecule has 0 fully saturated rings. The van der Waals surface area contributed by atoms with Crippen LogP contribution in [0.25, 0.3) is 0 Å². The molecule has 1 rings (SSSR count). The summed E-state index contributed by atoms with van der Waals surface area (Å²) in [5, 5.41) is 10.4. The van der Waals surface area contributed by atoms with Gasteiger partial charge < -0.3 is 0 Å². The number of hydrogen-bond acceptors (Lipinski definition) is 3. The van der Waals surface area contributed by atoms with E-state index in [2.05, 4.69) is 0 Å². The zero-order valence-corrected chi connectivity index (χ0v) is 8.94. The Morgan fingerprint density at radius 1 is 1.46 bits per heavy atom. The lowest BCUT2D eigenvalue weighted by Gasteiger charge is -1.97. The molecule has 0 amide bonds. The van der Waals surface area contributed by atoms with E-state index < -0.39 is 4.92 Å². The summed E-state index contributed by atoms with van der Waals surface area (Å²) in [4.78, 5) is 20.9. The van der Waals surface area contributed by atoms with Crippen LogP contribution in [0.4, 0.5) is 5.69 Å². The Kier molecular flexibility index (Phi) is 2.97. The van der Waals surface area contributed by atoms with Gasteiger partial charge in [0.05, 0.1) is 4.92 Å². The topological polar surface area (TPSA) is 60.2 Å². The number of ketones is 1. The summed E-state index contributed by atoms with van der Waals surface area (Å²) in [5.41, 5.74) is 0.329. The molecule has 0 spiro atoms. The van der Waals surface area contributed by atoms with Crippen LogP contribution in [0.1, 0.15) is 17.3 Å². The molecule has 1 aromatic rings. The lowest BCUT2D eigenvalue weighted by molar-refractivity contribution is -0.385. The predicted molar refractivity (Wildman–Crippen MR) is 55.8 cm³/mol. The highest BCUT2D eigenvalue weighted by Gasteiger charge is 2.10. The van der Waals surface area contributed by atoms with Crippen LogP contribution < -0.4 is 0 Å². The number of nitro groups is 1. The highest BCUT2D eigenvalue weighted by atomic mass is 127. The predicted octanol–water partition coefficient (Wildman–Crippen LogP) is 2.40. The molecule has 0 aliphatic rings. The summed E-state index contributed by atoms with van der Waals surface area (Å²) >= 11 is 1.94. The lowest BCUT2D eigenvalue weighted by atomic mass is 10.1. The van der Waals surface area contributed by atoms with Crippen molar-refractivity contribution in [2.45, 2.75) is 6.92 Å². The van der Waals surface area contributed by atoms with Crippen LogP contribution in [0.2, 0.25) is 0 Å². The average molecular weight is 291 g/mol. The summed E-state index contributed by atoms with van der Waals surface area (Å²) in [6.45, 7) is 1.38. The van der Waals surface area contributed by atoms with Crippen molar-refractivity contribution in [2.24, 2.45) is 0 Å². The van der Waals surface area contributed by atoms with Crippen molar-refractivity contribution in [3.05, 3.63) is 37.4 Å². The second kappa shape index (κ2) is 3.82. The van der Waals surface area contributed by atoms with E-state index in [1.165, 1.54) is 19.1 Å². The Labute approximate surface area is 88.2 Å². The zero-order valence-electron chi connectivity index (χ0n) is 6.78. The number of carbonyl (C=O) groups excluding carboxylic acids is 1. The minimum atomic E-state index is -0.505. The van der Waals surface area contributed by atoms with E-state index in [1.807, 2.05) is 22.6 Å². The van der Waals surface area contributed by atoms with Gasteiger partial charge in [0.15, 0.2) is 5.78 Å². The van der Waals surface area contributed by atoms with Gasteiger partial charge in [-0.3, -0.25) is 14.9 Å². The van der Waals surface area contributed by atoms with Crippen LogP contribution in [0, 0.1) is 13.7 Å². The highest BCUT2D eigenvalue weighted by Crippen LogP contribution is 2.18. The van der Waals surface area contributed by atoms with Gasteiger partial charge in [-0.25, -0.2) is 0 Å². The van der Waals surface area contributed by atoms with Crippen molar-refractivity contribution in [1.82, 2.24) is 0 Å². The third kappa shape index (κ3) is 2.48. The van der Waals surface area contributed by atoms with Crippen molar-refractivity contribution >= 4 is 34.1 Å². The van der Waals surface area contributed by atoms with Gasteiger partial charge in [-0.2, -0.15) is 0 Å². The molecule has 0 saturated carbocycles. The lowest BCUT2D eigenvalue weighted by Crippen LogP contribution is -1.96. The first-order valence-corrected chi connectivity index (χ1v) is 4.54. The first kappa shape index (κ1) is 10.1. The molecule has 0 atom stereocenters. The molecule has 0 aromatic heterocycles. The van der Waals surface area contributed by atoms with Gasteiger partial charge in [0.25, 0.3) is 5.69 Å². The summed E-state index contributed by atoms with van der Waals surface area (Å²) in [5.74, 6) is -0.165. The molecule has 0 heterocycles. The number of benzene rings is 1. The molecule has 0 aliphatic heterocycles. The quantitative estimate of drug-likeness (QED) is 0.364. The molecule has 1 aromatic carbocycles. The third-order valence-corrected chi connectivity index (χ3v) is 2.12. The monoisotopic (exact) mass is 291 g/mol. The van der Waals surface area contributed by atoms with Crippen molar-refractivity contribution in [3.63, 3.8) is 0 Å². The molecular weight excluding hydrogens is 285 g/mol. The largest absolute Gasteiger partial charge is 0.295 e. The number of carbonyl (C=O) groups is 1. The van der Waals surface area contributed by atoms with E-state index in [1.54, 1.807) is 6.07 Å². The molecule has 0 aliphatic carbocycles. The highest BCUT2D eigenvalue weighted by molar-refractivity contribution is 14.1. The first-order chi connectivity index (χ1) is 6.00. The number of hydrogen-bond donors (Lipinski definition) is 0. The fourth-order valence-electron chi connectivity index (χ4n) is 0.883. The van der Waals surface area contributed by atoms with Crippen molar-refractivity contribution in [2.75, 3.05) is 0 Å². The Hall–Kier alpha value is -0.980. The number of rotatable bonds is 2. The smallest absolute Gasteiger partial charge is 0.271 e. The number of nitro benzene ring substituents is 1. The fourth-order valence-corrected chi connectivity index (χ4v) is 1.54. The summed E-state index contributed by atoms with van der Waals surface area (Å²) < 4.78 is 0.692. The van der Waals surface area contributed by atoms with Gasteiger partial charge in [-0.1, -0.05) is 0 Å². The summed E-state index contributed by atoms with van der Waals surface area (Å²) in [6, 6.07) is 4.33.